The third-order valence-corrected chi connectivity index (χ3v) is 10.6. The van der Waals surface area contributed by atoms with E-state index in [0.29, 0.717) is 31.1 Å². The van der Waals surface area contributed by atoms with Crippen molar-refractivity contribution in [1.82, 2.24) is 4.31 Å². The number of rotatable bonds is 11. The first kappa shape index (κ1) is 28.9. The van der Waals surface area contributed by atoms with Crippen molar-refractivity contribution in [3.05, 3.63) is 72.8 Å². The Hall–Kier alpha value is -3.06. The topological polar surface area (TPSA) is 113 Å². The molecule has 1 amide bonds. The van der Waals surface area contributed by atoms with Gasteiger partial charge in [0.25, 0.3) is 10.0 Å². The van der Waals surface area contributed by atoms with Crippen LogP contribution in [0.25, 0.3) is 0 Å². The number of carbonyl (C=O) groups excluding carboxylic acids is 1. The molecule has 1 N–H and O–H groups in total. The molecule has 3 aromatic rings. The molecule has 1 aliphatic rings. The van der Waals surface area contributed by atoms with E-state index in [1.807, 2.05) is 6.26 Å². The van der Waals surface area contributed by atoms with Crippen LogP contribution >= 0.6 is 11.8 Å². The Morgan fingerprint density at radius 2 is 1.54 bits per heavy atom. The molecule has 0 aromatic heterocycles. The molecule has 208 valence electrons. The van der Waals surface area contributed by atoms with Crippen LogP contribution in [0.3, 0.4) is 0 Å². The van der Waals surface area contributed by atoms with Crippen molar-refractivity contribution in [1.29, 1.82) is 0 Å². The fourth-order valence-electron chi connectivity index (χ4n) is 4.23. The zero-order chi connectivity index (χ0) is 28.0. The standard InChI is InChI=1S/C27H31N3O6S3/c1-3-36-26-9-5-4-8-25(26)30(39(34,35)24-16-12-22(37-2)13-17-24)20-27(31)28-21-10-14-23(15-11-21)38(32,33)29-18-6-7-19-29/h4-5,8-17H,3,6-7,18-20H2,1-2H3,(H,28,31). The van der Waals surface area contributed by atoms with E-state index in [1.54, 1.807) is 43.3 Å². The smallest absolute Gasteiger partial charge is 0.264 e. The van der Waals surface area contributed by atoms with Crippen LogP contribution < -0.4 is 14.4 Å². The molecule has 1 aliphatic heterocycles. The predicted molar refractivity (Wildman–Crippen MR) is 153 cm³/mol. The van der Waals surface area contributed by atoms with E-state index in [1.165, 1.54) is 52.5 Å². The second-order valence-electron chi connectivity index (χ2n) is 8.77. The molecule has 0 unspecified atom stereocenters. The summed E-state index contributed by atoms with van der Waals surface area (Å²) < 4.78 is 61.3. The van der Waals surface area contributed by atoms with Crippen LogP contribution in [0, 0.1) is 0 Å². The van der Waals surface area contributed by atoms with Gasteiger partial charge >= 0.3 is 0 Å². The number of hydrogen-bond donors (Lipinski definition) is 1. The molecule has 1 heterocycles. The monoisotopic (exact) mass is 589 g/mol. The van der Waals surface area contributed by atoms with Gasteiger partial charge in [-0.3, -0.25) is 9.10 Å². The Balaban J connectivity index is 1.60. The number of para-hydroxylation sites is 2. The van der Waals surface area contributed by atoms with Crippen LogP contribution in [0.5, 0.6) is 5.75 Å². The zero-order valence-electron chi connectivity index (χ0n) is 21.7. The van der Waals surface area contributed by atoms with Crippen molar-refractivity contribution in [3.8, 4) is 5.75 Å². The van der Waals surface area contributed by atoms with Crippen LogP contribution in [0.2, 0.25) is 0 Å². The molecule has 4 rings (SSSR count). The second-order valence-corrected chi connectivity index (χ2v) is 13.5. The lowest BCUT2D eigenvalue weighted by molar-refractivity contribution is -0.114. The van der Waals surface area contributed by atoms with Crippen molar-refractivity contribution in [3.63, 3.8) is 0 Å². The van der Waals surface area contributed by atoms with E-state index >= 15 is 0 Å². The summed E-state index contributed by atoms with van der Waals surface area (Å²) in [6, 6.07) is 18.9. The number of hydrogen-bond acceptors (Lipinski definition) is 7. The van der Waals surface area contributed by atoms with Crippen LogP contribution in [0.15, 0.2) is 87.5 Å². The largest absolute Gasteiger partial charge is 0.492 e. The first-order chi connectivity index (χ1) is 18.7. The number of thioether (sulfide) groups is 1. The Morgan fingerprint density at radius 3 is 2.15 bits per heavy atom. The molecule has 1 fully saturated rings. The highest BCUT2D eigenvalue weighted by Crippen LogP contribution is 2.33. The molecule has 0 bridgehead atoms. The number of amides is 1. The van der Waals surface area contributed by atoms with Gasteiger partial charge in [0.2, 0.25) is 15.9 Å². The van der Waals surface area contributed by atoms with E-state index in [4.69, 9.17) is 4.74 Å². The Bertz CT molecular complexity index is 1500. The van der Waals surface area contributed by atoms with Gasteiger partial charge in [-0.05, 0) is 86.7 Å². The van der Waals surface area contributed by atoms with Crippen molar-refractivity contribution >= 4 is 49.1 Å². The van der Waals surface area contributed by atoms with Crippen LogP contribution in [-0.2, 0) is 24.8 Å². The fourth-order valence-corrected chi connectivity index (χ4v) is 7.59. The highest BCUT2D eigenvalue weighted by molar-refractivity contribution is 7.98. The van der Waals surface area contributed by atoms with Gasteiger partial charge in [-0.2, -0.15) is 4.31 Å². The molecule has 39 heavy (non-hydrogen) atoms. The van der Waals surface area contributed by atoms with Gasteiger partial charge in [0, 0.05) is 23.7 Å². The molecule has 0 saturated carbocycles. The van der Waals surface area contributed by atoms with E-state index in [0.717, 1.165) is 22.0 Å². The average Bonchev–Trinajstić information content (AvgIpc) is 3.49. The molecular formula is C27H31N3O6S3. The van der Waals surface area contributed by atoms with Gasteiger partial charge in [-0.15, -0.1) is 11.8 Å². The third kappa shape index (κ3) is 6.57. The van der Waals surface area contributed by atoms with Crippen LogP contribution in [-0.4, -0.2) is 59.5 Å². The number of carbonyl (C=O) groups is 1. The number of nitrogens with one attached hydrogen (secondary N) is 1. The number of anilines is 2. The summed E-state index contributed by atoms with van der Waals surface area (Å²) in [6.07, 6.45) is 3.56. The summed E-state index contributed by atoms with van der Waals surface area (Å²) in [5, 5.41) is 2.69. The molecule has 0 atom stereocenters. The summed E-state index contributed by atoms with van der Waals surface area (Å²) in [5.74, 6) is -0.269. The number of nitrogens with zero attached hydrogens (tertiary/aromatic N) is 2. The highest BCUT2D eigenvalue weighted by Gasteiger charge is 2.30. The number of benzene rings is 3. The molecule has 0 aliphatic carbocycles. The molecule has 1 saturated heterocycles. The lowest BCUT2D eigenvalue weighted by Gasteiger charge is -2.26. The molecular weight excluding hydrogens is 559 g/mol. The Kier molecular flexibility index (Phi) is 9.21. The second kappa shape index (κ2) is 12.4. The average molecular weight is 590 g/mol. The van der Waals surface area contributed by atoms with Gasteiger partial charge in [-0.1, -0.05) is 12.1 Å². The summed E-state index contributed by atoms with van der Waals surface area (Å²) in [7, 11) is -7.73. The minimum absolute atomic E-state index is 0.0378. The molecule has 9 nitrogen and oxygen atoms in total. The predicted octanol–water partition coefficient (Wildman–Crippen LogP) is 4.43. The van der Waals surface area contributed by atoms with Gasteiger partial charge in [0.05, 0.1) is 22.1 Å². The maximum atomic E-state index is 13.8. The first-order valence-electron chi connectivity index (χ1n) is 12.5. The normalized spacial score (nSPS) is 14.2. The van der Waals surface area contributed by atoms with E-state index in [2.05, 4.69) is 5.32 Å². The lowest BCUT2D eigenvalue weighted by Crippen LogP contribution is -2.38. The third-order valence-electron chi connectivity index (χ3n) is 6.21. The van der Waals surface area contributed by atoms with Crippen LogP contribution in [0.4, 0.5) is 11.4 Å². The molecule has 3 aromatic carbocycles. The van der Waals surface area contributed by atoms with Crippen molar-refractivity contribution in [2.75, 3.05) is 42.1 Å². The Morgan fingerprint density at radius 1 is 0.923 bits per heavy atom. The fraction of sp³-hybridized carbons (Fsp3) is 0.296. The van der Waals surface area contributed by atoms with Gasteiger partial charge in [-0.25, -0.2) is 16.8 Å². The lowest BCUT2D eigenvalue weighted by atomic mass is 10.3. The van der Waals surface area contributed by atoms with Crippen LogP contribution in [0.1, 0.15) is 19.8 Å². The quantitative estimate of drug-likeness (QED) is 0.329. The van der Waals surface area contributed by atoms with Crippen molar-refractivity contribution in [2.45, 2.75) is 34.5 Å². The van der Waals surface area contributed by atoms with E-state index < -0.39 is 32.5 Å². The minimum atomic E-state index is -4.14. The molecule has 0 spiro atoms. The van der Waals surface area contributed by atoms with E-state index in [9.17, 15) is 21.6 Å². The van der Waals surface area contributed by atoms with Gasteiger partial charge in [0.15, 0.2) is 0 Å². The maximum absolute atomic E-state index is 13.8. The number of sulfonamides is 2. The molecule has 12 heteroatoms. The van der Waals surface area contributed by atoms with Gasteiger partial charge < -0.3 is 10.1 Å². The van der Waals surface area contributed by atoms with E-state index in [-0.39, 0.29) is 15.5 Å². The maximum Gasteiger partial charge on any atom is 0.264 e. The minimum Gasteiger partial charge on any atom is -0.492 e. The highest BCUT2D eigenvalue weighted by atomic mass is 32.2. The first-order valence-corrected chi connectivity index (χ1v) is 16.6. The van der Waals surface area contributed by atoms with Crippen molar-refractivity contribution in [2.24, 2.45) is 0 Å². The summed E-state index contributed by atoms with van der Waals surface area (Å²) >= 11 is 1.49. The number of ether oxygens (including phenoxy) is 1. The van der Waals surface area contributed by atoms with Crippen molar-refractivity contribution < 1.29 is 26.4 Å². The summed E-state index contributed by atoms with van der Waals surface area (Å²) in [4.78, 5) is 14.2. The SMILES string of the molecule is CCOc1ccccc1N(CC(=O)Nc1ccc(S(=O)(=O)N2CCCC2)cc1)S(=O)(=O)c1ccc(SC)cc1. The summed E-state index contributed by atoms with van der Waals surface area (Å²) in [5.41, 5.74) is 0.579. The zero-order valence-corrected chi connectivity index (χ0v) is 24.2. The summed E-state index contributed by atoms with van der Waals surface area (Å²) in [6.45, 7) is 2.57. The van der Waals surface area contributed by atoms with Gasteiger partial charge in [0.1, 0.15) is 12.3 Å². The molecule has 0 radical (unpaired) electrons. The Labute approximate surface area is 234 Å².